The monoisotopic (exact) mass is 243 g/mol. The molecule has 90 valence electrons. The van der Waals surface area contributed by atoms with E-state index in [4.69, 9.17) is 0 Å². The van der Waals surface area contributed by atoms with Crippen molar-refractivity contribution < 1.29 is 8.42 Å². The zero-order chi connectivity index (χ0) is 11.9. The number of aromatic nitrogens is 1. The van der Waals surface area contributed by atoms with Crippen molar-refractivity contribution in [1.29, 1.82) is 0 Å². The van der Waals surface area contributed by atoms with Crippen molar-refractivity contribution in [2.45, 2.75) is 13.3 Å². The van der Waals surface area contributed by atoms with Crippen molar-refractivity contribution in [1.82, 2.24) is 10.3 Å². The van der Waals surface area contributed by atoms with Gasteiger partial charge in [-0.3, -0.25) is 9.71 Å². The van der Waals surface area contributed by atoms with E-state index in [1.165, 1.54) is 6.20 Å². The smallest absolute Gasteiger partial charge is 0.232 e. The Labute approximate surface area is 96.3 Å². The fraction of sp³-hybridized carbons (Fsp3) is 0.500. The summed E-state index contributed by atoms with van der Waals surface area (Å²) >= 11 is 0. The lowest BCUT2D eigenvalue weighted by atomic mass is 10.4. The molecule has 0 amide bonds. The fourth-order valence-electron chi connectivity index (χ4n) is 1.22. The summed E-state index contributed by atoms with van der Waals surface area (Å²) in [5, 5.41) is 3.08. The highest BCUT2D eigenvalue weighted by Gasteiger charge is 2.09. The molecule has 1 aromatic rings. The number of pyridine rings is 1. The number of nitrogens with zero attached hydrogens (tertiary/aromatic N) is 1. The molecule has 0 spiro atoms. The highest BCUT2D eigenvalue weighted by Crippen LogP contribution is 2.06. The van der Waals surface area contributed by atoms with Crippen LogP contribution in [0.2, 0.25) is 0 Å². The topological polar surface area (TPSA) is 71.1 Å². The van der Waals surface area contributed by atoms with Crippen molar-refractivity contribution in [3.63, 3.8) is 0 Å². The molecule has 0 radical (unpaired) electrons. The molecular weight excluding hydrogens is 226 g/mol. The van der Waals surface area contributed by atoms with Crippen LogP contribution in [0.25, 0.3) is 0 Å². The van der Waals surface area contributed by atoms with Crippen LogP contribution in [0.3, 0.4) is 0 Å². The summed E-state index contributed by atoms with van der Waals surface area (Å²) in [4.78, 5) is 3.84. The predicted molar refractivity (Wildman–Crippen MR) is 64.8 cm³/mol. The average Bonchev–Trinajstić information content (AvgIpc) is 2.25. The SMILES string of the molecule is CCNCCCS(=O)(=O)Nc1cccnc1. The van der Waals surface area contributed by atoms with E-state index in [1.807, 2.05) is 6.92 Å². The quantitative estimate of drug-likeness (QED) is 0.696. The van der Waals surface area contributed by atoms with Gasteiger partial charge in [0.2, 0.25) is 10.0 Å². The minimum Gasteiger partial charge on any atom is -0.317 e. The van der Waals surface area contributed by atoms with Gasteiger partial charge in [-0.05, 0) is 31.6 Å². The van der Waals surface area contributed by atoms with E-state index in [9.17, 15) is 8.42 Å². The third-order valence-electron chi connectivity index (χ3n) is 1.95. The van der Waals surface area contributed by atoms with Gasteiger partial charge in [-0.25, -0.2) is 8.42 Å². The summed E-state index contributed by atoms with van der Waals surface area (Å²) in [5.41, 5.74) is 0.506. The highest BCUT2D eigenvalue weighted by atomic mass is 32.2. The first kappa shape index (κ1) is 12.9. The van der Waals surface area contributed by atoms with E-state index in [1.54, 1.807) is 18.3 Å². The second-order valence-electron chi connectivity index (χ2n) is 3.37. The lowest BCUT2D eigenvalue weighted by Gasteiger charge is -2.07. The molecule has 0 saturated carbocycles. The lowest BCUT2D eigenvalue weighted by molar-refractivity contribution is 0.595. The Morgan fingerprint density at radius 2 is 2.25 bits per heavy atom. The fourth-order valence-corrected chi connectivity index (χ4v) is 2.32. The third-order valence-corrected chi connectivity index (χ3v) is 3.32. The molecule has 2 N–H and O–H groups in total. The number of rotatable bonds is 7. The zero-order valence-corrected chi connectivity index (χ0v) is 10.1. The van der Waals surface area contributed by atoms with E-state index in [0.717, 1.165) is 6.54 Å². The molecule has 16 heavy (non-hydrogen) atoms. The van der Waals surface area contributed by atoms with Crippen molar-refractivity contribution in [3.05, 3.63) is 24.5 Å². The summed E-state index contributed by atoms with van der Waals surface area (Å²) in [6.45, 7) is 3.56. The summed E-state index contributed by atoms with van der Waals surface area (Å²) in [7, 11) is -3.25. The van der Waals surface area contributed by atoms with Gasteiger partial charge in [0, 0.05) is 6.20 Å². The Balaban J connectivity index is 2.40. The van der Waals surface area contributed by atoms with Crippen molar-refractivity contribution >= 4 is 15.7 Å². The molecule has 0 aromatic carbocycles. The number of anilines is 1. The molecule has 0 saturated heterocycles. The predicted octanol–water partition coefficient (Wildman–Crippen LogP) is 0.823. The molecule has 6 heteroatoms. The second-order valence-corrected chi connectivity index (χ2v) is 5.21. The first-order valence-electron chi connectivity index (χ1n) is 5.25. The second kappa shape index (κ2) is 6.44. The van der Waals surface area contributed by atoms with Crippen LogP contribution < -0.4 is 10.0 Å². The van der Waals surface area contributed by atoms with Crippen molar-refractivity contribution in [2.75, 3.05) is 23.6 Å². The highest BCUT2D eigenvalue weighted by molar-refractivity contribution is 7.92. The van der Waals surface area contributed by atoms with E-state index in [-0.39, 0.29) is 5.75 Å². The Morgan fingerprint density at radius 1 is 1.44 bits per heavy atom. The molecule has 0 fully saturated rings. The maximum Gasteiger partial charge on any atom is 0.232 e. The summed E-state index contributed by atoms with van der Waals surface area (Å²) in [6, 6.07) is 3.37. The van der Waals surface area contributed by atoms with Gasteiger partial charge in [0.1, 0.15) is 0 Å². The van der Waals surface area contributed by atoms with Gasteiger partial charge in [-0.15, -0.1) is 0 Å². The van der Waals surface area contributed by atoms with Crippen LogP contribution in [0, 0.1) is 0 Å². The Morgan fingerprint density at radius 3 is 2.88 bits per heavy atom. The van der Waals surface area contributed by atoms with E-state index in [0.29, 0.717) is 18.7 Å². The van der Waals surface area contributed by atoms with Gasteiger partial charge in [-0.2, -0.15) is 0 Å². The number of hydrogen-bond donors (Lipinski definition) is 2. The first-order valence-corrected chi connectivity index (χ1v) is 6.90. The molecule has 1 aromatic heterocycles. The normalized spacial score (nSPS) is 11.3. The van der Waals surface area contributed by atoms with E-state index >= 15 is 0 Å². The van der Waals surface area contributed by atoms with Crippen LogP contribution in [0.15, 0.2) is 24.5 Å². The van der Waals surface area contributed by atoms with Crippen LogP contribution in [0.4, 0.5) is 5.69 Å². The molecule has 0 unspecified atom stereocenters. The van der Waals surface area contributed by atoms with Crippen LogP contribution in [0.5, 0.6) is 0 Å². The van der Waals surface area contributed by atoms with E-state index in [2.05, 4.69) is 15.0 Å². The summed E-state index contributed by atoms with van der Waals surface area (Å²) in [5.74, 6) is 0.120. The molecule has 5 nitrogen and oxygen atoms in total. The van der Waals surface area contributed by atoms with Gasteiger partial charge < -0.3 is 5.32 Å². The third kappa shape index (κ3) is 5.09. The molecular formula is C10H17N3O2S. The van der Waals surface area contributed by atoms with Crippen LogP contribution >= 0.6 is 0 Å². The molecule has 0 bridgehead atoms. The largest absolute Gasteiger partial charge is 0.317 e. The van der Waals surface area contributed by atoms with Gasteiger partial charge in [0.15, 0.2) is 0 Å². The summed E-state index contributed by atoms with van der Waals surface area (Å²) < 4.78 is 25.7. The first-order chi connectivity index (χ1) is 7.64. The number of nitrogens with one attached hydrogen (secondary N) is 2. The Kier molecular flexibility index (Phi) is 5.21. The average molecular weight is 243 g/mol. The standard InChI is InChI=1S/C10H17N3O2S/c1-2-11-7-4-8-16(14,15)13-10-5-3-6-12-9-10/h3,5-6,9,11,13H,2,4,7-8H2,1H3. The van der Waals surface area contributed by atoms with Crippen LogP contribution in [-0.4, -0.2) is 32.2 Å². The van der Waals surface area contributed by atoms with Crippen molar-refractivity contribution in [3.8, 4) is 0 Å². The van der Waals surface area contributed by atoms with Gasteiger partial charge in [0.05, 0.1) is 17.6 Å². The maximum absolute atomic E-state index is 11.6. The van der Waals surface area contributed by atoms with E-state index < -0.39 is 10.0 Å². The van der Waals surface area contributed by atoms with Crippen LogP contribution in [-0.2, 0) is 10.0 Å². The lowest BCUT2D eigenvalue weighted by Crippen LogP contribution is -2.21. The van der Waals surface area contributed by atoms with Gasteiger partial charge in [-0.1, -0.05) is 6.92 Å². The minimum atomic E-state index is -3.25. The molecule has 0 atom stereocenters. The molecule has 1 heterocycles. The molecule has 0 aliphatic carbocycles. The number of sulfonamides is 1. The maximum atomic E-state index is 11.6. The molecule has 0 aliphatic heterocycles. The Hall–Kier alpha value is -1.14. The Bertz CT molecular complexity index is 392. The molecule has 0 aliphatic rings. The zero-order valence-electron chi connectivity index (χ0n) is 9.31. The minimum absolute atomic E-state index is 0.120. The number of hydrogen-bond acceptors (Lipinski definition) is 4. The summed E-state index contributed by atoms with van der Waals surface area (Å²) in [6.07, 6.45) is 3.69. The molecule has 1 rings (SSSR count). The van der Waals surface area contributed by atoms with Gasteiger partial charge >= 0.3 is 0 Å². The van der Waals surface area contributed by atoms with Crippen molar-refractivity contribution in [2.24, 2.45) is 0 Å². The van der Waals surface area contributed by atoms with Gasteiger partial charge in [0.25, 0.3) is 0 Å². The van der Waals surface area contributed by atoms with Crippen LogP contribution in [0.1, 0.15) is 13.3 Å².